The Kier molecular flexibility index (Phi) is 3.84. The first kappa shape index (κ1) is 10.4. The number of hydrogen-bond donors (Lipinski definition) is 0. The molecule has 0 fully saturated rings. The van der Waals surface area contributed by atoms with Crippen LogP contribution >= 0.6 is 0 Å². The summed E-state index contributed by atoms with van der Waals surface area (Å²) in [5.41, 5.74) is 3.37. The Bertz CT molecular complexity index is 356. The van der Waals surface area contributed by atoms with Crippen molar-refractivity contribution in [1.29, 1.82) is 0 Å². The lowest BCUT2D eigenvalue weighted by molar-refractivity contribution is 0.563. The Balaban J connectivity index is 2.78. The molecule has 14 heavy (non-hydrogen) atoms. The molecule has 0 aliphatic rings. The van der Waals surface area contributed by atoms with Crippen LogP contribution in [0.2, 0.25) is 0 Å². The third kappa shape index (κ3) is 3.38. The van der Waals surface area contributed by atoms with E-state index in [1.165, 1.54) is 11.6 Å². The second-order valence-corrected chi connectivity index (χ2v) is 3.36. The van der Waals surface area contributed by atoms with E-state index >= 15 is 0 Å². The maximum atomic E-state index is 9.94. The number of nitrogens with zero attached hydrogens (tertiary/aromatic N) is 1. The molecule has 0 saturated carbocycles. The average molecular weight is 187 g/mol. The summed E-state index contributed by atoms with van der Waals surface area (Å²) in [4.78, 5) is 13.5. The second-order valence-electron chi connectivity index (χ2n) is 3.36. The Morgan fingerprint density at radius 2 is 2.21 bits per heavy atom. The molecule has 0 bridgehead atoms. The SMILES string of the molecule is C=C(C)Cc1cccc(CN=C=O)c1. The van der Waals surface area contributed by atoms with Gasteiger partial charge in [0.2, 0.25) is 6.08 Å². The fourth-order valence-corrected chi connectivity index (χ4v) is 1.31. The van der Waals surface area contributed by atoms with Crippen molar-refractivity contribution in [2.75, 3.05) is 0 Å². The van der Waals surface area contributed by atoms with Gasteiger partial charge in [-0.25, -0.2) is 9.79 Å². The molecule has 2 nitrogen and oxygen atoms in total. The minimum atomic E-state index is 0.410. The minimum absolute atomic E-state index is 0.410. The zero-order valence-electron chi connectivity index (χ0n) is 8.29. The van der Waals surface area contributed by atoms with Crippen molar-refractivity contribution in [1.82, 2.24) is 0 Å². The zero-order chi connectivity index (χ0) is 10.4. The van der Waals surface area contributed by atoms with Crippen LogP contribution in [0.25, 0.3) is 0 Å². The molecule has 0 amide bonds. The van der Waals surface area contributed by atoms with Gasteiger partial charge in [-0.2, -0.15) is 0 Å². The normalized spacial score (nSPS) is 9.21. The molecule has 72 valence electrons. The molecule has 0 aliphatic heterocycles. The third-order valence-electron chi connectivity index (χ3n) is 1.82. The average Bonchev–Trinajstić information content (AvgIpc) is 2.14. The Morgan fingerprint density at radius 3 is 2.86 bits per heavy atom. The number of allylic oxidation sites excluding steroid dienone is 1. The van der Waals surface area contributed by atoms with Gasteiger partial charge in [-0.1, -0.05) is 36.4 Å². The first-order valence-electron chi connectivity index (χ1n) is 4.48. The molecule has 0 radical (unpaired) electrons. The molecule has 0 N–H and O–H groups in total. The molecule has 1 aromatic rings. The topological polar surface area (TPSA) is 29.4 Å². The van der Waals surface area contributed by atoms with Gasteiger partial charge in [0.15, 0.2) is 0 Å². The van der Waals surface area contributed by atoms with Gasteiger partial charge in [0, 0.05) is 0 Å². The van der Waals surface area contributed by atoms with E-state index in [0.29, 0.717) is 6.54 Å². The van der Waals surface area contributed by atoms with E-state index in [0.717, 1.165) is 17.6 Å². The summed E-state index contributed by atoms with van der Waals surface area (Å²) in [7, 11) is 0. The molecular weight excluding hydrogens is 174 g/mol. The first-order chi connectivity index (χ1) is 6.72. The lowest BCUT2D eigenvalue weighted by Crippen LogP contribution is -1.88. The molecule has 0 saturated heterocycles. The highest BCUT2D eigenvalue weighted by molar-refractivity contribution is 5.34. The predicted octanol–water partition coefficient (Wildman–Crippen LogP) is 2.64. The van der Waals surface area contributed by atoms with E-state index in [1.807, 2.05) is 31.2 Å². The highest BCUT2D eigenvalue weighted by atomic mass is 16.1. The molecule has 0 atom stereocenters. The summed E-state index contributed by atoms with van der Waals surface area (Å²) < 4.78 is 0. The zero-order valence-corrected chi connectivity index (χ0v) is 8.29. The number of benzene rings is 1. The summed E-state index contributed by atoms with van der Waals surface area (Å²) in [6.45, 7) is 6.26. The van der Waals surface area contributed by atoms with Crippen LogP contribution in [-0.2, 0) is 17.8 Å². The lowest BCUT2D eigenvalue weighted by atomic mass is 10.0. The number of carbonyl (C=O) groups excluding carboxylic acids is 1. The summed E-state index contributed by atoms with van der Waals surface area (Å²) in [5, 5.41) is 0. The maximum Gasteiger partial charge on any atom is 0.235 e. The lowest BCUT2D eigenvalue weighted by Gasteiger charge is -2.02. The largest absolute Gasteiger partial charge is 0.235 e. The summed E-state index contributed by atoms with van der Waals surface area (Å²) in [6.07, 6.45) is 2.41. The minimum Gasteiger partial charge on any atom is -0.211 e. The smallest absolute Gasteiger partial charge is 0.211 e. The van der Waals surface area contributed by atoms with Crippen molar-refractivity contribution in [3.05, 3.63) is 47.5 Å². The fraction of sp³-hybridized carbons (Fsp3) is 0.250. The van der Waals surface area contributed by atoms with E-state index in [-0.39, 0.29) is 0 Å². The number of rotatable bonds is 4. The van der Waals surface area contributed by atoms with E-state index < -0.39 is 0 Å². The van der Waals surface area contributed by atoms with Crippen molar-refractivity contribution in [3.8, 4) is 0 Å². The van der Waals surface area contributed by atoms with Crippen LogP contribution in [0.5, 0.6) is 0 Å². The molecule has 2 heteroatoms. The monoisotopic (exact) mass is 187 g/mol. The first-order valence-corrected chi connectivity index (χ1v) is 4.48. The summed E-state index contributed by atoms with van der Waals surface area (Å²) in [5.74, 6) is 0. The number of isocyanates is 1. The highest BCUT2D eigenvalue weighted by Crippen LogP contribution is 2.10. The van der Waals surface area contributed by atoms with E-state index in [2.05, 4.69) is 11.6 Å². The van der Waals surface area contributed by atoms with Crippen LogP contribution in [0.15, 0.2) is 41.4 Å². The van der Waals surface area contributed by atoms with Crippen molar-refractivity contribution in [2.24, 2.45) is 4.99 Å². The van der Waals surface area contributed by atoms with Crippen LogP contribution in [0, 0.1) is 0 Å². The van der Waals surface area contributed by atoms with Gasteiger partial charge >= 0.3 is 0 Å². The van der Waals surface area contributed by atoms with Gasteiger partial charge in [0.1, 0.15) is 0 Å². The van der Waals surface area contributed by atoms with Crippen LogP contribution in [0.3, 0.4) is 0 Å². The van der Waals surface area contributed by atoms with Crippen LogP contribution in [0.4, 0.5) is 0 Å². The van der Waals surface area contributed by atoms with E-state index in [4.69, 9.17) is 0 Å². The predicted molar refractivity (Wildman–Crippen MR) is 56.8 cm³/mol. The Labute approximate surface area is 84.0 Å². The quantitative estimate of drug-likeness (QED) is 0.405. The van der Waals surface area contributed by atoms with Crippen LogP contribution in [0.1, 0.15) is 18.1 Å². The fourth-order valence-electron chi connectivity index (χ4n) is 1.31. The molecule has 0 aliphatic carbocycles. The van der Waals surface area contributed by atoms with Gasteiger partial charge in [-0.15, -0.1) is 0 Å². The van der Waals surface area contributed by atoms with Gasteiger partial charge in [-0.3, -0.25) is 0 Å². The third-order valence-corrected chi connectivity index (χ3v) is 1.82. The number of hydrogen-bond acceptors (Lipinski definition) is 2. The molecule has 0 heterocycles. The molecule has 1 aromatic carbocycles. The van der Waals surface area contributed by atoms with Crippen molar-refractivity contribution in [3.63, 3.8) is 0 Å². The van der Waals surface area contributed by atoms with Gasteiger partial charge in [-0.05, 0) is 24.5 Å². The Hall–Kier alpha value is -1.66. The summed E-state index contributed by atoms with van der Waals surface area (Å²) in [6, 6.07) is 8.00. The number of aliphatic imine (C=N–C) groups is 1. The van der Waals surface area contributed by atoms with Crippen LogP contribution < -0.4 is 0 Å². The summed E-state index contributed by atoms with van der Waals surface area (Å²) >= 11 is 0. The molecule has 0 aromatic heterocycles. The standard InChI is InChI=1S/C12H13NO/c1-10(2)6-11-4-3-5-12(7-11)8-13-9-14/h3-5,7H,1,6,8H2,2H3. The van der Waals surface area contributed by atoms with Crippen molar-refractivity contribution < 1.29 is 4.79 Å². The molecule has 1 rings (SSSR count). The maximum absolute atomic E-state index is 9.94. The Morgan fingerprint density at radius 1 is 1.50 bits per heavy atom. The van der Waals surface area contributed by atoms with Crippen molar-refractivity contribution >= 4 is 6.08 Å². The highest BCUT2D eigenvalue weighted by Gasteiger charge is 1.95. The van der Waals surface area contributed by atoms with Gasteiger partial charge < -0.3 is 0 Å². The molecule has 0 unspecified atom stereocenters. The van der Waals surface area contributed by atoms with Gasteiger partial charge in [0.25, 0.3) is 0 Å². The van der Waals surface area contributed by atoms with Gasteiger partial charge in [0.05, 0.1) is 6.54 Å². The van der Waals surface area contributed by atoms with Crippen LogP contribution in [-0.4, -0.2) is 6.08 Å². The molecular formula is C12H13NO. The van der Waals surface area contributed by atoms with E-state index in [1.54, 1.807) is 0 Å². The molecule has 0 spiro atoms. The second kappa shape index (κ2) is 5.15. The van der Waals surface area contributed by atoms with Crippen molar-refractivity contribution in [2.45, 2.75) is 19.9 Å². The van der Waals surface area contributed by atoms with E-state index in [9.17, 15) is 4.79 Å².